The molecule has 2 N–H and O–H groups in total. The third-order valence-electron chi connectivity index (χ3n) is 2.33. The van der Waals surface area contributed by atoms with Crippen LogP contribution in [0.2, 0.25) is 5.02 Å². The Balaban J connectivity index is 2.72. The van der Waals surface area contributed by atoms with E-state index in [0.717, 1.165) is 0 Å². The highest BCUT2D eigenvalue weighted by molar-refractivity contribution is 7.84. The molecule has 2 atom stereocenters. The summed E-state index contributed by atoms with van der Waals surface area (Å²) in [4.78, 5) is 0. The fraction of sp³-hybridized carbons (Fsp3) is 0.455. The fourth-order valence-electron chi connectivity index (χ4n) is 1.32. The van der Waals surface area contributed by atoms with Gasteiger partial charge in [-0.05, 0) is 36.7 Å². The maximum absolute atomic E-state index is 13.0. The van der Waals surface area contributed by atoms with Gasteiger partial charge in [0.25, 0.3) is 0 Å². The summed E-state index contributed by atoms with van der Waals surface area (Å²) in [6.45, 7) is 2.37. The lowest BCUT2D eigenvalue weighted by atomic mass is 10.2. The molecule has 16 heavy (non-hydrogen) atoms. The molecule has 0 aliphatic carbocycles. The smallest absolute Gasteiger partial charge is 0.123 e. The van der Waals surface area contributed by atoms with Crippen molar-refractivity contribution in [2.24, 2.45) is 5.73 Å². The largest absolute Gasteiger partial charge is 0.330 e. The first-order valence-corrected chi connectivity index (χ1v) is 6.81. The van der Waals surface area contributed by atoms with Crippen molar-refractivity contribution in [2.45, 2.75) is 24.3 Å². The molecule has 90 valence electrons. The monoisotopic (exact) mass is 263 g/mol. The predicted octanol–water partition coefficient (Wildman–Crippen LogP) is 2.47. The van der Waals surface area contributed by atoms with Crippen LogP contribution in [0, 0.1) is 5.82 Å². The molecule has 2 unspecified atom stereocenters. The summed E-state index contributed by atoms with van der Waals surface area (Å²) in [6, 6.07) is 4.10. The third kappa shape index (κ3) is 3.85. The van der Waals surface area contributed by atoms with E-state index in [1.807, 2.05) is 6.92 Å². The summed E-state index contributed by atoms with van der Waals surface area (Å²) in [7, 11) is -1.07. The van der Waals surface area contributed by atoms with Crippen molar-refractivity contribution in [1.82, 2.24) is 0 Å². The minimum atomic E-state index is -1.07. The van der Waals surface area contributed by atoms with E-state index in [9.17, 15) is 8.60 Å². The van der Waals surface area contributed by atoms with Crippen molar-refractivity contribution in [2.75, 3.05) is 6.54 Å². The molecule has 1 aromatic rings. The van der Waals surface area contributed by atoms with Crippen LogP contribution in [0.5, 0.6) is 0 Å². The van der Waals surface area contributed by atoms with E-state index in [1.165, 1.54) is 18.2 Å². The summed E-state index contributed by atoms with van der Waals surface area (Å²) in [6.07, 6.45) is 0.694. The molecule has 0 aromatic heterocycles. The molecule has 1 aromatic carbocycles. The van der Waals surface area contributed by atoms with Crippen molar-refractivity contribution >= 4 is 22.4 Å². The summed E-state index contributed by atoms with van der Waals surface area (Å²) >= 11 is 5.90. The number of hydrogen-bond donors (Lipinski definition) is 1. The van der Waals surface area contributed by atoms with E-state index in [4.69, 9.17) is 17.3 Å². The SMILES string of the molecule is CC(CCN)S(=O)Cc1cc(F)ccc1Cl. The molecule has 0 heterocycles. The molecule has 0 saturated heterocycles. The standard InChI is InChI=1S/C11H15ClFNOS/c1-8(4-5-14)16(15)7-9-6-10(13)2-3-11(9)12/h2-3,6,8H,4-5,7,14H2,1H3. The molecule has 0 spiro atoms. The summed E-state index contributed by atoms with van der Waals surface area (Å²) in [5, 5.41) is 0.457. The highest BCUT2D eigenvalue weighted by atomic mass is 35.5. The molecule has 1 rings (SSSR count). The van der Waals surface area contributed by atoms with Crippen LogP contribution in [-0.4, -0.2) is 16.0 Å². The zero-order chi connectivity index (χ0) is 12.1. The predicted molar refractivity (Wildman–Crippen MR) is 66.4 cm³/mol. The van der Waals surface area contributed by atoms with Crippen molar-refractivity contribution in [3.8, 4) is 0 Å². The number of rotatable bonds is 5. The van der Waals surface area contributed by atoms with Gasteiger partial charge < -0.3 is 5.73 Å². The maximum atomic E-state index is 13.0. The Bertz CT molecular complexity index is 386. The van der Waals surface area contributed by atoms with Gasteiger partial charge in [0.2, 0.25) is 0 Å². The van der Waals surface area contributed by atoms with Crippen molar-refractivity contribution < 1.29 is 8.60 Å². The molecule has 0 radical (unpaired) electrons. The third-order valence-corrected chi connectivity index (χ3v) is 4.43. The molecule has 0 bridgehead atoms. The van der Waals surface area contributed by atoms with E-state index in [0.29, 0.717) is 23.6 Å². The first-order valence-electron chi connectivity index (χ1n) is 5.05. The molecule has 0 fully saturated rings. The van der Waals surface area contributed by atoms with Crippen LogP contribution in [0.4, 0.5) is 4.39 Å². The fourth-order valence-corrected chi connectivity index (χ4v) is 2.81. The zero-order valence-electron chi connectivity index (χ0n) is 9.08. The Hall–Kier alpha value is -0.450. The Morgan fingerprint density at radius 2 is 2.25 bits per heavy atom. The number of benzene rings is 1. The van der Waals surface area contributed by atoms with Crippen molar-refractivity contribution in [1.29, 1.82) is 0 Å². The number of nitrogens with two attached hydrogens (primary N) is 1. The summed E-state index contributed by atoms with van der Waals surface area (Å²) in [5.74, 6) is -0.0829. The lowest BCUT2D eigenvalue weighted by molar-refractivity contribution is 0.626. The maximum Gasteiger partial charge on any atom is 0.123 e. The van der Waals surface area contributed by atoms with Gasteiger partial charge in [-0.15, -0.1) is 0 Å². The van der Waals surface area contributed by atoms with E-state index in [-0.39, 0.29) is 16.8 Å². The second-order valence-corrected chi connectivity index (χ2v) is 5.91. The lowest BCUT2D eigenvalue weighted by Crippen LogP contribution is -2.17. The molecular weight excluding hydrogens is 249 g/mol. The van der Waals surface area contributed by atoms with Gasteiger partial charge >= 0.3 is 0 Å². The molecule has 0 aliphatic rings. The lowest BCUT2D eigenvalue weighted by Gasteiger charge is -2.11. The highest BCUT2D eigenvalue weighted by Gasteiger charge is 2.13. The van der Waals surface area contributed by atoms with Gasteiger partial charge in [-0.1, -0.05) is 18.5 Å². The van der Waals surface area contributed by atoms with Crippen LogP contribution in [0.3, 0.4) is 0 Å². The second kappa shape index (κ2) is 6.33. The summed E-state index contributed by atoms with van der Waals surface area (Å²) in [5.41, 5.74) is 5.98. The molecular formula is C11H15ClFNOS. The van der Waals surface area contributed by atoms with Crippen molar-refractivity contribution in [3.05, 3.63) is 34.6 Å². The zero-order valence-corrected chi connectivity index (χ0v) is 10.7. The van der Waals surface area contributed by atoms with Crippen LogP contribution in [-0.2, 0) is 16.6 Å². The van der Waals surface area contributed by atoms with Gasteiger partial charge in [0.1, 0.15) is 5.82 Å². The van der Waals surface area contributed by atoms with Gasteiger partial charge in [0.05, 0.1) is 5.75 Å². The topological polar surface area (TPSA) is 43.1 Å². The summed E-state index contributed by atoms with van der Waals surface area (Å²) < 4.78 is 24.8. The first kappa shape index (κ1) is 13.6. The first-order chi connectivity index (χ1) is 7.54. The van der Waals surface area contributed by atoms with Gasteiger partial charge in [-0.3, -0.25) is 4.21 Å². The normalized spacial score (nSPS) is 14.8. The highest BCUT2D eigenvalue weighted by Crippen LogP contribution is 2.20. The quantitative estimate of drug-likeness (QED) is 0.887. The van der Waals surface area contributed by atoms with Crippen LogP contribution < -0.4 is 5.73 Å². The Morgan fingerprint density at radius 1 is 1.56 bits per heavy atom. The van der Waals surface area contributed by atoms with Gasteiger partial charge in [-0.25, -0.2) is 4.39 Å². The molecule has 0 saturated carbocycles. The van der Waals surface area contributed by atoms with Crippen LogP contribution >= 0.6 is 11.6 Å². The van der Waals surface area contributed by atoms with Crippen LogP contribution in [0.1, 0.15) is 18.9 Å². The number of hydrogen-bond acceptors (Lipinski definition) is 2. The van der Waals surface area contributed by atoms with E-state index >= 15 is 0 Å². The minimum absolute atomic E-state index is 0.00401. The van der Waals surface area contributed by atoms with Gasteiger partial charge in [0, 0.05) is 21.1 Å². The molecule has 2 nitrogen and oxygen atoms in total. The van der Waals surface area contributed by atoms with Crippen LogP contribution in [0.15, 0.2) is 18.2 Å². The van der Waals surface area contributed by atoms with E-state index < -0.39 is 10.8 Å². The molecule has 0 amide bonds. The average molecular weight is 264 g/mol. The van der Waals surface area contributed by atoms with Crippen LogP contribution in [0.25, 0.3) is 0 Å². The van der Waals surface area contributed by atoms with Crippen molar-refractivity contribution in [3.63, 3.8) is 0 Å². The molecule has 0 aliphatic heterocycles. The Morgan fingerprint density at radius 3 is 2.88 bits per heavy atom. The average Bonchev–Trinajstić information content (AvgIpc) is 2.23. The van der Waals surface area contributed by atoms with E-state index in [1.54, 1.807) is 0 Å². The molecule has 5 heteroatoms. The Labute approximate surface area is 102 Å². The van der Waals surface area contributed by atoms with Gasteiger partial charge in [-0.2, -0.15) is 0 Å². The van der Waals surface area contributed by atoms with E-state index in [2.05, 4.69) is 0 Å². The van der Waals surface area contributed by atoms with Gasteiger partial charge in [0.15, 0.2) is 0 Å². The second-order valence-electron chi connectivity index (χ2n) is 3.65. The minimum Gasteiger partial charge on any atom is -0.330 e. The Kier molecular flexibility index (Phi) is 5.38. The number of halogens is 2.